The van der Waals surface area contributed by atoms with E-state index in [1.165, 1.54) is 6.92 Å². The number of benzene rings is 1. The van der Waals surface area contributed by atoms with Gasteiger partial charge >= 0.3 is 35.7 Å². The van der Waals surface area contributed by atoms with Crippen LogP contribution in [0.3, 0.4) is 0 Å². The monoisotopic (exact) mass is 438 g/mol. The quantitative estimate of drug-likeness (QED) is 0.276. The van der Waals surface area contributed by atoms with Crippen molar-refractivity contribution in [2.24, 2.45) is 11.7 Å². The fourth-order valence-electron chi connectivity index (χ4n) is 2.63. The Labute approximate surface area is 193 Å². The molecule has 158 valence electrons. The standard InChI is InChI=1S/C18H28N2O7S.Na/c1-4-15(19)18(23,28(24,25)26)16(21)14(10-12(2)3)20-17(22)27-11-13-8-6-5-7-9-13;/h5-9,12,14-15,23H,4,10-11,19H2,1-3H3,(H,20,22)(H,24,25,26);/q;+1/p-1/t14-,15?,18?;/m0./s1. The molecule has 0 fully saturated rings. The average Bonchev–Trinajstić information content (AvgIpc) is 2.63. The minimum absolute atomic E-state index is 0. The number of alkyl carbamates (subject to hydrolysis) is 1. The number of aliphatic hydroxyl groups is 1. The summed E-state index contributed by atoms with van der Waals surface area (Å²) in [6.45, 7) is 4.80. The van der Waals surface area contributed by atoms with Gasteiger partial charge in [0.2, 0.25) is 10.7 Å². The number of Topliss-reactive ketones (excluding diaryl/α,β-unsaturated/α-hetero) is 1. The molecule has 1 aromatic carbocycles. The molecule has 1 aromatic rings. The first kappa shape index (κ1) is 28.0. The number of hydrogen-bond acceptors (Lipinski definition) is 8. The van der Waals surface area contributed by atoms with E-state index in [0.29, 0.717) is 5.56 Å². The number of amides is 1. The largest absolute Gasteiger partial charge is 1.00 e. The number of nitrogens with two attached hydrogens (primary N) is 1. The Hall–Kier alpha value is -1.01. The van der Waals surface area contributed by atoms with Crippen molar-refractivity contribution in [2.75, 3.05) is 0 Å². The second-order valence-electron chi connectivity index (χ2n) is 6.92. The molecule has 3 atom stereocenters. The Morgan fingerprint density at radius 3 is 2.28 bits per heavy atom. The van der Waals surface area contributed by atoms with Crippen molar-refractivity contribution in [3.63, 3.8) is 0 Å². The van der Waals surface area contributed by atoms with Crippen LogP contribution < -0.4 is 40.6 Å². The van der Waals surface area contributed by atoms with Gasteiger partial charge in [0.05, 0.1) is 12.1 Å². The van der Waals surface area contributed by atoms with Gasteiger partial charge in [0.1, 0.15) is 16.7 Å². The summed E-state index contributed by atoms with van der Waals surface area (Å²) in [5.74, 6) is -1.54. The summed E-state index contributed by atoms with van der Waals surface area (Å²) in [6.07, 6.45) is -1.15. The number of hydrogen-bond donors (Lipinski definition) is 3. The van der Waals surface area contributed by atoms with Gasteiger partial charge in [0, 0.05) is 0 Å². The zero-order valence-corrected chi connectivity index (χ0v) is 19.9. The summed E-state index contributed by atoms with van der Waals surface area (Å²) in [5, 5.41) is 12.7. The molecule has 0 aliphatic rings. The Bertz CT molecular complexity index is 774. The first-order chi connectivity index (χ1) is 12.9. The second kappa shape index (κ2) is 12.0. The van der Waals surface area contributed by atoms with Crippen molar-refractivity contribution in [2.45, 2.75) is 57.2 Å². The Morgan fingerprint density at radius 2 is 1.83 bits per heavy atom. The van der Waals surface area contributed by atoms with Crippen LogP contribution in [0.15, 0.2) is 30.3 Å². The van der Waals surface area contributed by atoms with Gasteiger partial charge < -0.3 is 25.4 Å². The molecule has 1 amide bonds. The molecule has 0 aromatic heterocycles. The molecule has 0 heterocycles. The normalized spacial score (nSPS) is 15.6. The molecule has 0 saturated carbocycles. The first-order valence-corrected chi connectivity index (χ1v) is 10.3. The Balaban J connectivity index is 0.00000784. The zero-order valence-electron chi connectivity index (χ0n) is 17.1. The van der Waals surface area contributed by atoms with Crippen molar-refractivity contribution in [1.29, 1.82) is 0 Å². The van der Waals surface area contributed by atoms with E-state index in [1.54, 1.807) is 44.2 Å². The van der Waals surface area contributed by atoms with Crippen LogP contribution in [0, 0.1) is 5.92 Å². The van der Waals surface area contributed by atoms with E-state index in [9.17, 15) is 27.7 Å². The van der Waals surface area contributed by atoms with Crippen molar-refractivity contribution < 1.29 is 62.0 Å². The molecule has 2 unspecified atom stereocenters. The topological polar surface area (TPSA) is 159 Å². The summed E-state index contributed by atoms with van der Waals surface area (Å²) in [4.78, 5) is 21.5. The second-order valence-corrected chi connectivity index (χ2v) is 8.45. The maximum atomic E-state index is 12.8. The Kier molecular flexibility index (Phi) is 11.6. The van der Waals surface area contributed by atoms with E-state index in [2.05, 4.69) is 5.32 Å². The van der Waals surface area contributed by atoms with Gasteiger partial charge in [-0.2, -0.15) is 0 Å². The number of carbonyl (C=O) groups excluding carboxylic acids is 2. The van der Waals surface area contributed by atoms with Gasteiger partial charge in [0.15, 0.2) is 0 Å². The van der Waals surface area contributed by atoms with Gasteiger partial charge in [-0.25, -0.2) is 13.2 Å². The van der Waals surface area contributed by atoms with E-state index < -0.39 is 39.0 Å². The zero-order chi connectivity index (χ0) is 21.5. The van der Waals surface area contributed by atoms with E-state index in [-0.39, 0.29) is 54.9 Å². The summed E-state index contributed by atoms with van der Waals surface area (Å²) in [6, 6.07) is 5.66. The van der Waals surface area contributed by atoms with Crippen LogP contribution in [0.4, 0.5) is 4.79 Å². The maximum Gasteiger partial charge on any atom is 1.00 e. The molecule has 11 heteroatoms. The van der Waals surface area contributed by atoms with Gasteiger partial charge in [-0.3, -0.25) is 4.79 Å². The summed E-state index contributed by atoms with van der Waals surface area (Å²) in [5.41, 5.74) is 6.28. The summed E-state index contributed by atoms with van der Waals surface area (Å²) < 4.78 is 39.9. The van der Waals surface area contributed by atoms with Crippen LogP contribution in [-0.2, 0) is 26.3 Å². The van der Waals surface area contributed by atoms with Crippen LogP contribution in [0.25, 0.3) is 0 Å². The number of rotatable bonds is 10. The molecule has 1 rings (SSSR count). The fraction of sp³-hybridized carbons (Fsp3) is 0.556. The maximum absolute atomic E-state index is 12.8. The Morgan fingerprint density at radius 1 is 1.28 bits per heavy atom. The van der Waals surface area contributed by atoms with Crippen LogP contribution in [0.5, 0.6) is 0 Å². The van der Waals surface area contributed by atoms with E-state index in [4.69, 9.17) is 10.5 Å². The molecule has 9 nitrogen and oxygen atoms in total. The van der Waals surface area contributed by atoms with Gasteiger partial charge in [-0.05, 0) is 24.3 Å². The molecular formula is C18H27N2NaO7S. The molecular weight excluding hydrogens is 411 g/mol. The third kappa shape index (κ3) is 7.63. The van der Waals surface area contributed by atoms with E-state index in [1.807, 2.05) is 0 Å². The van der Waals surface area contributed by atoms with Crippen molar-refractivity contribution in [3.05, 3.63) is 35.9 Å². The SMILES string of the molecule is CCC(N)C(O)(C(=O)[C@H](CC(C)C)NC(=O)OCc1ccccc1)S(=O)(=O)[O-].[Na+]. The number of ether oxygens (including phenoxy) is 1. The van der Waals surface area contributed by atoms with Crippen molar-refractivity contribution >= 4 is 22.0 Å². The minimum Gasteiger partial charge on any atom is -0.745 e. The van der Waals surface area contributed by atoms with E-state index in [0.717, 1.165) is 0 Å². The predicted octanol–water partition coefficient (Wildman–Crippen LogP) is -2.13. The van der Waals surface area contributed by atoms with Crippen LogP contribution >= 0.6 is 0 Å². The molecule has 4 N–H and O–H groups in total. The average molecular weight is 438 g/mol. The van der Waals surface area contributed by atoms with Crippen LogP contribution in [0.2, 0.25) is 0 Å². The molecule has 0 bridgehead atoms. The van der Waals surface area contributed by atoms with Crippen molar-refractivity contribution in [3.8, 4) is 0 Å². The fourth-order valence-corrected chi connectivity index (χ4v) is 3.55. The molecule has 0 saturated heterocycles. The minimum atomic E-state index is -5.51. The summed E-state index contributed by atoms with van der Waals surface area (Å²) >= 11 is 0. The number of nitrogens with one attached hydrogen (secondary N) is 1. The van der Waals surface area contributed by atoms with Gasteiger partial charge in [-0.15, -0.1) is 0 Å². The van der Waals surface area contributed by atoms with Crippen molar-refractivity contribution in [1.82, 2.24) is 5.32 Å². The number of ketones is 1. The predicted molar refractivity (Wildman–Crippen MR) is 101 cm³/mol. The molecule has 0 aliphatic heterocycles. The number of carbonyl (C=O) groups is 2. The molecule has 0 aliphatic carbocycles. The third-order valence-corrected chi connectivity index (χ3v) is 5.47. The molecule has 0 radical (unpaired) electrons. The molecule has 0 spiro atoms. The summed E-state index contributed by atoms with van der Waals surface area (Å²) in [7, 11) is -5.51. The van der Waals surface area contributed by atoms with E-state index >= 15 is 0 Å². The smallest absolute Gasteiger partial charge is 0.745 e. The first-order valence-electron chi connectivity index (χ1n) is 8.88. The van der Waals surface area contributed by atoms with Gasteiger partial charge in [-0.1, -0.05) is 51.1 Å². The third-order valence-electron chi connectivity index (χ3n) is 4.21. The van der Waals surface area contributed by atoms with Gasteiger partial charge in [0.25, 0.3) is 0 Å². The van der Waals surface area contributed by atoms with Crippen LogP contribution in [0.1, 0.15) is 39.2 Å². The molecule has 29 heavy (non-hydrogen) atoms. The van der Waals surface area contributed by atoms with Crippen LogP contribution in [-0.4, -0.2) is 47.0 Å².